The Labute approximate surface area is 96.3 Å². The molecular weight excluding hydrogens is 208 g/mol. The maximum Gasteiger partial charge on any atom is 0.302 e. The molecule has 0 radical (unpaired) electrons. The average molecular weight is 228 g/mol. The van der Waals surface area contributed by atoms with Crippen molar-refractivity contribution in [3.63, 3.8) is 0 Å². The van der Waals surface area contributed by atoms with Crippen LogP contribution in [-0.4, -0.2) is 29.6 Å². The van der Waals surface area contributed by atoms with Gasteiger partial charge >= 0.3 is 5.97 Å². The predicted molar refractivity (Wildman–Crippen MR) is 60.9 cm³/mol. The Morgan fingerprint density at radius 1 is 1.38 bits per heavy atom. The summed E-state index contributed by atoms with van der Waals surface area (Å²) in [7, 11) is 0. The Hall–Kier alpha value is -1.16. The van der Waals surface area contributed by atoms with Crippen LogP contribution in [0.2, 0.25) is 0 Å². The van der Waals surface area contributed by atoms with Crippen molar-refractivity contribution in [2.24, 2.45) is 5.92 Å². The fraction of sp³-hybridized carbons (Fsp3) is 0.667. The maximum atomic E-state index is 11.4. The second-order valence-electron chi connectivity index (χ2n) is 3.80. The zero-order valence-corrected chi connectivity index (χ0v) is 10.3. The largest absolute Gasteiger partial charge is 0.462 e. The monoisotopic (exact) mass is 228 g/mol. The van der Waals surface area contributed by atoms with Crippen LogP contribution >= 0.6 is 0 Å². The SMILES string of the molecule is CCC(=O)[C@H](C)[C@@H](O)/C(C)=C/COC(C)=O. The van der Waals surface area contributed by atoms with Crippen LogP contribution in [0.4, 0.5) is 0 Å². The molecule has 0 aromatic heterocycles. The van der Waals surface area contributed by atoms with Crippen LogP contribution < -0.4 is 0 Å². The standard InChI is InChI=1S/C12H20O4/c1-5-11(14)9(3)12(15)8(2)6-7-16-10(4)13/h6,9,12,15H,5,7H2,1-4H3/b8-6+/t9-,12-/m0/s1. The van der Waals surface area contributed by atoms with Gasteiger partial charge in [-0.25, -0.2) is 0 Å². The first-order valence-electron chi connectivity index (χ1n) is 5.40. The molecule has 16 heavy (non-hydrogen) atoms. The number of carbonyl (C=O) groups excluding carboxylic acids is 2. The molecule has 0 aliphatic rings. The van der Waals surface area contributed by atoms with Crippen molar-refractivity contribution in [2.75, 3.05) is 6.61 Å². The number of hydrogen-bond acceptors (Lipinski definition) is 4. The molecule has 0 saturated carbocycles. The lowest BCUT2D eigenvalue weighted by Gasteiger charge is -2.17. The second kappa shape index (κ2) is 7.17. The number of ether oxygens (including phenoxy) is 1. The van der Waals surface area contributed by atoms with Gasteiger partial charge in [-0.3, -0.25) is 9.59 Å². The van der Waals surface area contributed by atoms with Gasteiger partial charge in [0.2, 0.25) is 0 Å². The van der Waals surface area contributed by atoms with Gasteiger partial charge in [0.15, 0.2) is 0 Å². The number of esters is 1. The van der Waals surface area contributed by atoms with E-state index in [1.807, 2.05) is 0 Å². The van der Waals surface area contributed by atoms with Crippen LogP contribution in [0.5, 0.6) is 0 Å². The normalized spacial score (nSPS) is 15.4. The summed E-state index contributed by atoms with van der Waals surface area (Å²) in [6, 6.07) is 0. The first-order chi connectivity index (χ1) is 7.40. The van der Waals surface area contributed by atoms with Crippen LogP contribution in [0.15, 0.2) is 11.6 Å². The third-order valence-corrected chi connectivity index (χ3v) is 2.49. The molecule has 0 bridgehead atoms. The van der Waals surface area contributed by atoms with E-state index in [9.17, 15) is 14.7 Å². The number of aliphatic hydroxyl groups excluding tert-OH is 1. The highest BCUT2D eigenvalue weighted by atomic mass is 16.5. The van der Waals surface area contributed by atoms with Crippen LogP contribution in [0, 0.1) is 5.92 Å². The lowest BCUT2D eigenvalue weighted by Crippen LogP contribution is -2.26. The highest BCUT2D eigenvalue weighted by molar-refractivity contribution is 5.81. The highest BCUT2D eigenvalue weighted by Crippen LogP contribution is 2.14. The number of Topliss-reactive ketones (excluding diaryl/α,β-unsaturated/α-hetero) is 1. The molecule has 4 heteroatoms. The first-order valence-corrected chi connectivity index (χ1v) is 5.40. The number of carbonyl (C=O) groups is 2. The molecule has 4 nitrogen and oxygen atoms in total. The van der Waals surface area contributed by atoms with Crippen molar-refractivity contribution < 1.29 is 19.4 Å². The van der Waals surface area contributed by atoms with Crippen molar-refractivity contribution in [3.8, 4) is 0 Å². The lowest BCUT2D eigenvalue weighted by molar-refractivity contribution is -0.139. The molecule has 0 aliphatic carbocycles. The first kappa shape index (κ1) is 14.8. The van der Waals surface area contributed by atoms with Gasteiger partial charge in [0, 0.05) is 19.3 Å². The zero-order valence-electron chi connectivity index (χ0n) is 10.3. The van der Waals surface area contributed by atoms with E-state index >= 15 is 0 Å². The van der Waals surface area contributed by atoms with Crippen molar-refractivity contribution >= 4 is 11.8 Å². The Bertz CT molecular complexity index is 281. The van der Waals surface area contributed by atoms with E-state index in [0.717, 1.165) is 0 Å². The second-order valence-corrected chi connectivity index (χ2v) is 3.80. The van der Waals surface area contributed by atoms with Gasteiger partial charge in [-0.05, 0) is 18.6 Å². The molecule has 0 unspecified atom stereocenters. The molecule has 0 aliphatic heterocycles. The van der Waals surface area contributed by atoms with Gasteiger partial charge in [0.1, 0.15) is 12.4 Å². The minimum absolute atomic E-state index is 0.0211. The summed E-state index contributed by atoms with van der Waals surface area (Å²) in [5.41, 5.74) is 0.649. The van der Waals surface area contributed by atoms with Crippen LogP contribution in [0.3, 0.4) is 0 Å². The van der Waals surface area contributed by atoms with Gasteiger partial charge in [-0.2, -0.15) is 0 Å². The van der Waals surface area contributed by atoms with Gasteiger partial charge in [-0.1, -0.05) is 13.8 Å². The zero-order chi connectivity index (χ0) is 12.7. The van der Waals surface area contributed by atoms with E-state index in [-0.39, 0.29) is 18.4 Å². The van der Waals surface area contributed by atoms with Crippen LogP contribution in [-0.2, 0) is 14.3 Å². The Kier molecular flexibility index (Phi) is 6.65. The Balaban J connectivity index is 4.30. The Morgan fingerprint density at radius 2 is 1.94 bits per heavy atom. The summed E-state index contributed by atoms with van der Waals surface area (Å²) < 4.78 is 4.72. The van der Waals surface area contributed by atoms with Crippen molar-refractivity contribution in [1.29, 1.82) is 0 Å². The molecule has 0 fully saturated rings. The van der Waals surface area contributed by atoms with Crippen molar-refractivity contribution in [1.82, 2.24) is 0 Å². The van der Waals surface area contributed by atoms with E-state index < -0.39 is 12.0 Å². The molecule has 0 aromatic carbocycles. The average Bonchev–Trinajstić information content (AvgIpc) is 2.25. The summed E-state index contributed by atoms with van der Waals surface area (Å²) in [4.78, 5) is 21.9. The highest BCUT2D eigenvalue weighted by Gasteiger charge is 2.21. The molecule has 1 N–H and O–H groups in total. The van der Waals surface area contributed by atoms with Gasteiger partial charge in [0.25, 0.3) is 0 Å². The van der Waals surface area contributed by atoms with Crippen molar-refractivity contribution in [3.05, 3.63) is 11.6 Å². The molecule has 0 saturated heterocycles. The lowest BCUT2D eigenvalue weighted by atomic mass is 9.93. The fourth-order valence-electron chi connectivity index (χ4n) is 1.30. The minimum Gasteiger partial charge on any atom is -0.462 e. The fourth-order valence-corrected chi connectivity index (χ4v) is 1.30. The van der Waals surface area contributed by atoms with Gasteiger partial charge < -0.3 is 9.84 Å². The third kappa shape index (κ3) is 5.07. The van der Waals surface area contributed by atoms with E-state index in [0.29, 0.717) is 12.0 Å². The number of hydrogen-bond donors (Lipinski definition) is 1. The maximum absolute atomic E-state index is 11.4. The predicted octanol–water partition coefficient (Wildman–Crippen LogP) is 1.47. The molecule has 0 rings (SSSR count). The van der Waals surface area contributed by atoms with E-state index in [1.165, 1.54) is 6.92 Å². The van der Waals surface area contributed by atoms with E-state index in [1.54, 1.807) is 26.8 Å². The van der Waals surface area contributed by atoms with Gasteiger partial charge in [0.05, 0.1) is 6.10 Å². The summed E-state index contributed by atoms with van der Waals surface area (Å²) >= 11 is 0. The third-order valence-electron chi connectivity index (χ3n) is 2.49. The molecule has 0 amide bonds. The summed E-state index contributed by atoms with van der Waals surface area (Å²) in [5, 5.41) is 9.82. The molecular formula is C12H20O4. The minimum atomic E-state index is -0.803. The Morgan fingerprint density at radius 3 is 2.38 bits per heavy atom. The van der Waals surface area contributed by atoms with E-state index in [2.05, 4.69) is 0 Å². The molecule has 0 aromatic rings. The molecule has 0 heterocycles. The van der Waals surface area contributed by atoms with Gasteiger partial charge in [-0.15, -0.1) is 0 Å². The molecule has 0 spiro atoms. The molecule has 92 valence electrons. The smallest absolute Gasteiger partial charge is 0.302 e. The summed E-state index contributed by atoms with van der Waals surface area (Å²) in [6.07, 6.45) is 1.23. The van der Waals surface area contributed by atoms with E-state index in [4.69, 9.17) is 4.74 Å². The number of aliphatic hydroxyl groups is 1. The quantitative estimate of drug-likeness (QED) is 0.552. The topological polar surface area (TPSA) is 63.6 Å². The summed E-state index contributed by atoms with van der Waals surface area (Å²) in [5.74, 6) is -0.762. The summed E-state index contributed by atoms with van der Waals surface area (Å²) in [6.45, 7) is 6.63. The van der Waals surface area contributed by atoms with Crippen LogP contribution in [0.25, 0.3) is 0 Å². The number of rotatable bonds is 6. The number of ketones is 1. The van der Waals surface area contributed by atoms with Crippen molar-refractivity contribution in [2.45, 2.75) is 40.2 Å². The van der Waals surface area contributed by atoms with Crippen LogP contribution in [0.1, 0.15) is 34.1 Å². The molecule has 2 atom stereocenters.